The molecule has 60 heavy (non-hydrogen) atoms. The highest BCUT2D eigenvalue weighted by atomic mass is 16.6. The van der Waals surface area contributed by atoms with E-state index in [9.17, 15) is 34.5 Å². The fraction of sp³-hybridized carbons (Fsp3) is 0.457. The second-order valence-corrected chi connectivity index (χ2v) is 17.0. The number of methoxy groups -OCH3 is 1. The summed E-state index contributed by atoms with van der Waals surface area (Å²) in [6.07, 6.45) is -9.55. The van der Waals surface area contributed by atoms with Crippen molar-refractivity contribution in [1.82, 2.24) is 5.32 Å². The molecule has 7 rings (SSSR count). The number of carbonyl (C=O) groups is 5. The first-order valence-electron chi connectivity index (χ1n) is 20.0. The summed E-state index contributed by atoms with van der Waals surface area (Å²) in [7, 11) is 1.41. The van der Waals surface area contributed by atoms with E-state index in [1.165, 1.54) is 26.2 Å². The first kappa shape index (κ1) is 42.9. The number of Topliss-reactive ketones (excluding diaryl/α,β-unsaturated/α-hetero) is 1. The van der Waals surface area contributed by atoms with Gasteiger partial charge in [-0.3, -0.25) is 14.4 Å². The average Bonchev–Trinajstić information content (AvgIpc) is 3.23. The van der Waals surface area contributed by atoms with Crippen LogP contribution in [-0.2, 0) is 38.1 Å². The van der Waals surface area contributed by atoms with Crippen molar-refractivity contribution in [3.8, 4) is 0 Å². The third-order valence-electron chi connectivity index (χ3n) is 13.5. The number of amides is 1. The lowest BCUT2D eigenvalue weighted by Gasteiger charge is -2.67. The number of fused-ring (bicyclic) bond motifs is 5. The average molecular weight is 826 g/mol. The smallest absolute Gasteiger partial charge is 0.338 e. The van der Waals surface area contributed by atoms with Gasteiger partial charge in [-0.2, -0.15) is 0 Å². The quantitative estimate of drug-likeness (QED) is 0.131. The van der Waals surface area contributed by atoms with Gasteiger partial charge in [-0.1, -0.05) is 80.6 Å². The fourth-order valence-corrected chi connectivity index (χ4v) is 10.1. The van der Waals surface area contributed by atoms with Crippen LogP contribution in [-0.4, -0.2) is 106 Å². The summed E-state index contributed by atoms with van der Waals surface area (Å²) < 4.78 is 30.5. The largest absolute Gasteiger partial charge is 0.456 e. The highest BCUT2D eigenvalue weighted by Crippen LogP contribution is 2.64. The standard InChI is InChI=1S/C46H51NO13/c1-25-30(59-42(54)35(50)34(27-16-10-7-11-17-27)47-40(52)28-18-12-8-13-19-28)23-46(55)39(60-41(53)29-20-14-9-15-21-29)37-44(5,31(49)22-32-45(37,56-6)24-57-32)38(51)36(58-26(2)48)33(25)43(46,3)4/h7-21,30-32,34-37,39,49-50,55H,22-24H2,1-6H3,(H,47,52)/t30-,31-,32+,34-,35+,36+,37-,39-,44+,45-,46+/m0/s1. The van der Waals surface area contributed by atoms with Crippen LogP contribution in [0, 0.1) is 16.7 Å². The predicted molar refractivity (Wildman–Crippen MR) is 213 cm³/mol. The number of hydrogen-bond acceptors (Lipinski definition) is 13. The Labute approximate surface area is 347 Å². The van der Waals surface area contributed by atoms with E-state index in [1.54, 1.807) is 99.6 Å². The Balaban J connectivity index is 1.37. The number of aliphatic hydroxyl groups excluding tert-OH is 2. The van der Waals surface area contributed by atoms with Gasteiger partial charge in [-0.25, -0.2) is 9.59 Å². The number of rotatable bonds is 10. The van der Waals surface area contributed by atoms with Crippen LogP contribution in [0.15, 0.2) is 102 Å². The van der Waals surface area contributed by atoms with E-state index in [1.807, 2.05) is 0 Å². The molecule has 3 aromatic carbocycles. The van der Waals surface area contributed by atoms with Gasteiger partial charge in [0.2, 0.25) is 0 Å². The lowest BCUT2D eigenvalue weighted by Crippen LogP contribution is -2.81. The van der Waals surface area contributed by atoms with Gasteiger partial charge in [0.25, 0.3) is 5.91 Å². The topological polar surface area (TPSA) is 204 Å². The summed E-state index contributed by atoms with van der Waals surface area (Å²) in [5.74, 6) is -5.52. The number of hydrogen-bond donors (Lipinski definition) is 4. The molecule has 318 valence electrons. The third kappa shape index (κ3) is 6.84. The molecule has 4 N–H and O–H groups in total. The lowest BCUT2D eigenvalue weighted by molar-refractivity contribution is -0.350. The fourth-order valence-electron chi connectivity index (χ4n) is 10.1. The molecule has 1 aliphatic heterocycles. The molecule has 1 heterocycles. The molecule has 14 nitrogen and oxygen atoms in total. The van der Waals surface area contributed by atoms with Crippen molar-refractivity contribution in [2.24, 2.45) is 16.7 Å². The number of nitrogens with one attached hydrogen (secondary N) is 1. The van der Waals surface area contributed by atoms with E-state index >= 15 is 4.79 Å². The second kappa shape index (κ2) is 16.0. The van der Waals surface area contributed by atoms with Gasteiger partial charge in [0.1, 0.15) is 23.4 Å². The lowest BCUT2D eigenvalue weighted by atomic mass is 9.44. The van der Waals surface area contributed by atoms with Gasteiger partial charge >= 0.3 is 17.9 Å². The zero-order valence-electron chi connectivity index (χ0n) is 34.3. The Morgan fingerprint density at radius 3 is 2.00 bits per heavy atom. The summed E-state index contributed by atoms with van der Waals surface area (Å²) in [6.45, 7) is 7.32. The minimum Gasteiger partial charge on any atom is -0.456 e. The van der Waals surface area contributed by atoms with Crippen molar-refractivity contribution in [3.63, 3.8) is 0 Å². The Hall–Kier alpha value is -5.25. The summed E-state index contributed by atoms with van der Waals surface area (Å²) in [6, 6.07) is 23.3. The van der Waals surface area contributed by atoms with Crippen LogP contribution < -0.4 is 5.32 Å². The molecule has 3 fully saturated rings. The minimum absolute atomic E-state index is 0.0555. The van der Waals surface area contributed by atoms with Crippen LogP contribution in [0.1, 0.15) is 79.8 Å². The molecule has 14 heteroatoms. The molecule has 0 aromatic heterocycles. The zero-order chi connectivity index (χ0) is 43.4. The Morgan fingerprint density at radius 1 is 0.867 bits per heavy atom. The molecule has 0 unspecified atom stereocenters. The minimum atomic E-state index is -2.27. The molecule has 4 aliphatic rings. The maximum absolute atomic E-state index is 15.4. The van der Waals surface area contributed by atoms with Crippen LogP contribution in [0.2, 0.25) is 0 Å². The van der Waals surface area contributed by atoms with Gasteiger partial charge in [0.05, 0.1) is 35.8 Å². The molecule has 1 saturated heterocycles. The van der Waals surface area contributed by atoms with E-state index in [0.29, 0.717) is 5.56 Å². The first-order chi connectivity index (χ1) is 28.4. The number of benzene rings is 3. The molecule has 3 aromatic rings. The second-order valence-electron chi connectivity index (χ2n) is 17.0. The van der Waals surface area contributed by atoms with Crippen molar-refractivity contribution in [1.29, 1.82) is 0 Å². The first-order valence-corrected chi connectivity index (χ1v) is 20.0. The van der Waals surface area contributed by atoms with Crippen LogP contribution >= 0.6 is 0 Å². The van der Waals surface area contributed by atoms with Crippen molar-refractivity contribution >= 4 is 29.6 Å². The van der Waals surface area contributed by atoms with Crippen LogP contribution in [0.5, 0.6) is 0 Å². The number of aliphatic hydroxyl groups is 3. The van der Waals surface area contributed by atoms with Crippen LogP contribution in [0.25, 0.3) is 0 Å². The van der Waals surface area contributed by atoms with Crippen LogP contribution in [0.4, 0.5) is 0 Å². The Kier molecular flexibility index (Phi) is 11.4. The molecule has 3 aliphatic carbocycles. The van der Waals surface area contributed by atoms with E-state index in [2.05, 4.69) is 5.32 Å². The molecule has 11 atom stereocenters. The van der Waals surface area contributed by atoms with E-state index < -0.39 is 107 Å². The van der Waals surface area contributed by atoms with Crippen molar-refractivity contribution in [2.45, 2.75) is 101 Å². The summed E-state index contributed by atoms with van der Waals surface area (Å²) in [4.78, 5) is 70.2. The number of carbonyl (C=O) groups excluding carboxylic acids is 5. The maximum Gasteiger partial charge on any atom is 0.338 e. The molecule has 1 amide bonds. The van der Waals surface area contributed by atoms with Gasteiger partial charge in [0, 0.05) is 43.8 Å². The van der Waals surface area contributed by atoms with Gasteiger partial charge in [0.15, 0.2) is 18.0 Å². The predicted octanol–water partition coefficient (Wildman–Crippen LogP) is 3.82. The summed E-state index contributed by atoms with van der Waals surface area (Å²) in [5.41, 5.74) is -6.03. The monoisotopic (exact) mass is 825 g/mol. The Morgan fingerprint density at radius 2 is 1.45 bits per heavy atom. The van der Waals surface area contributed by atoms with Crippen molar-refractivity contribution in [3.05, 3.63) is 119 Å². The molecular weight excluding hydrogens is 774 g/mol. The molecular formula is C46H51NO13. The Bertz CT molecular complexity index is 2170. The van der Waals surface area contributed by atoms with Gasteiger partial charge in [-0.05, 0) is 54.8 Å². The van der Waals surface area contributed by atoms with Crippen molar-refractivity contribution in [2.75, 3.05) is 13.7 Å². The van der Waals surface area contributed by atoms with Crippen molar-refractivity contribution < 1.29 is 63.0 Å². The number of ketones is 1. The normalized spacial score (nSPS) is 32.6. The van der Waals surface area contributed by atoms with Gasteiger partial charge < -0.3 is 44.3 Å². The third-order valence-corrected chi connectivity index (χ3v) is 13.5. The number of ether oxygens (including phenoxy) is 5. The number of esters is 3. The molecule has 0 radical (unpaired) electrons. The highest BCUT2D eigenvalue weighted by Gasteiger charge is 2.77. The zero-order valence-corrected chi connectivity index (χ0v) is 34.3. The van der Waals surface area contributed by atoms with Crippen LogP contribution in [0.3, 0.4) is 0 Å². The van der Waals surface area contributed by atoms with E-state index in [0.717, 1.165) is 6.92 Å². The SMILES string of the molecule is CO[C@@]12CO[C@@H]1C[C@H](O)[C@@]1(C)C(=O)[C@H](OC(C)=O)C3=C(C)[C@@H](OC(=O)[C@H](O)[C@@H](NC(=O)c4ccccc4)c4ccccc4)C[C@@](O)([C@@H](OC(=O)c4ccccc4)[C@H]21)C3(C)C. The summed E-state index contributed by atoms with van der Waals surface area (Å²) >= 11 is 0. The molecule has 0 spiro atoms. The molecule has 2 saturated carbocycles. The molecule has 2 bridgehead atoms. The van der Waals surface area contributed by atoms with Gasteiger partial charge in [-0.15, -0.1) is 0 Å². The van der Waals surface area contributed by atoms with E-state index in [4.69, 9.17) is 23.7 Å². The summed E-state index contributed by atoms with van der Waals surface area (Å²) in [5, 5.41) is 40.1. The maximum atomic E-state index is 15.4. The highest BCUT2D eigenvalue weighted by molar-refractivity contribution is 5.96. The van der Waals surface area contributed by atoms with E-state index in [-0.39, 0.29) is 35.3 Å².